The zero-order chi connectivity index (χ0) is 17.7. The Bertz CT molecular complexity index is 619. The minimum atomic E-state index is -1.44. The van der Waals surface area contributed by atoms with E-state index in [9.17, 15) is 19.2 Å². The molecule has 0 N–H and O–H groups in total. The number of hydrogen-bond donors (Lipinski definition) is 0. The second-order valence-electron chi connectivity index (χ2n) is 6.08. The molecule has 8 heteroatoms. The van der Waals surface area contributed by atoms with Crippen LogP contribution in [0.25, 0.3) is 0 Å². The highest BCUT2D eigenvalue weighted by molar-refractivity contribution is 6.07. The van der Waals surface area contributed by atoms with E-state index in [2.05, 4.69) is 6.58 Å². The predicted octanol–water partition coefficient (Wildman–Crippen LogP) is 1.19. The van der Waals surface area contributed by atoms with Gasteiger partial charge in [0.05, 0.1) is 0 Å². The molecule has 2 heterocycles. The molecule has 2 atom stereocenters. The molecule has 23 heavy (non-hydrogen) atoms. The lowest BCUT2D eigenvalue weighted by atomic mass is 9.95. The fourth-order valence-electron chi connectivity index (χ4n) is 3.50. The molecule has 6 amide bonds. The number of fused-ring (bicyclic) bond motifs is 1. The van der Waals surface area contributed by atoms with Crippen LogP contribution in [0.3, 0.4) is 0 Å². The predicted molar refractivity (Wildman–Crippen MR) is 81.9 cm³/mol. The Balaban J connectivity index is 2.71. The lowest BCUT2D eigenvalue weighted by Crippen LogP contribution is -2.65. The molecule has 2 saturated heterocycles. The molecule has 0 spiro atoms. The number of imide groups is 2. The van der Waals surface area contributed by atoms with E-state index in [1.165, 1.54) is 23.9 Å². The third-order valence-corrected chi connectivity index (χ3v) is 5.14. The Hall–Kier alpha value is -2.38. The summed E-state index contributed by atoms with van der Waals surface area (Å²) in [7, 11) is 3.03. The van der Waals surface area contributed by atoms with Crippen LogP contribution in [0.5, 0.6) is 0 Å². The minimum Gasteiger partial charge on any atom is -0.300 e. The van der Waals surface area contributed by atoms with Crippen molar-refractivity contribution in [1.82, 2.24) is 19.6 Å². The molecule has 2 fully saturated rings. The SMILES string of the molecule is C=CC(=O)N1C(=O)N(C)[C@@]2(C)N(C)C(=O)N(C(=O)CCC)[C@@]12C. The summed E-state index contributed by atoms with van der Waals surface area (Å²) in [5, 5.41) is 0. The number of carbonyl (C=O) groups excluding carboxylic acids is 4. The van der Waals surface area contributed by atoms with E-state index in [4.69, 9.17) is 0 Å². The smallest absolute Gasteiger partial charge is 0.300 e. The van der Waals surface area contributed by atoms with Gasteiger partial charge in [-0.05, 0) is 26.3 Å². The first-order valence-electron chi connectivity index (χ1n) is 7.45. The van der Waals surface area contributed by atoms with Crippen LogP contribution < -0.4 is 0 Å². The third kappa shape index (κ3) is 1.71. The van der Waals surface area contributed by atoms with Gasteiger partial charge in [-0.3, -0.25) is 9.59 Å². The average molecular weight is 322 g/mol. The molecule has 2 aliphatic rings. The van der Waals surface area contributed by atoms with Gasteiger partial charge in [0.15, 0.2) is 11.3 Å². The van der Waals surface area contributed by atoms with Crippen LogP contribution in [0, 0.1) is 0 Å². The molecule has 0 unspecified atom stereocenters. The summed E-state index contributed by atoms with van der Waals surface area (Å²) in [6.45, 7) is 8.46. The van der Waals surface area contributed by atoms with Crippen molar-refractivity contribution in [3.63, 3.8) is 0 Å². The summed E-state index contributed by atoms with van der Waals surface area (Å²) in [6.07, 6.45) is 1.71. The molecule has 0 aromatic carbocycles. The van der Waals surface area contributed by atoms with Crippen molar-refractivity contribution in [2.45, 2.75) is 44.9 Å². The molecule has 0 bridgehead atoms. The summed E-state index contributed by atoms with van der Waals surface area (Å²) in [5.41, 5.74) is -2.61. The van der Waals surface area contributed by atoms with Crippen LogP contribution >= 0.6 is 0 Å². The van der Waals surface area contributed by atoms with Gasteiger partial charge in [-0.2, -0.15) is 0 Å². The first-order valence-corrected chi connectivity index (χ1v) is 7.45. The Kier molecular flexibility index (Phi) is 3.75. The fourth-order valence-corrected chi connectivity index (χ4v) is 3.50. The van der Waals surface area contributed by atoms with E-state index < -0.39 is 35.2 Å². The molecular formula is C15H22N4O4. The quantitative estimate of drug-likeness (QED) is 0.731. The van der Waals surface area contributed by atoms with Crippen LogP contribution in [0.4, 0.5) is 9.59 Å². The van der Waals surface area contributed by atoms with E-state index in [0.29, 0.717) is 6.42 Å². The summed E-state index contributed by atoms with van der Waals surface area (Å²) in [4.78, 5) is 54.7. The highest BCUT2D eigenvalue weighted by Gasteiger charge is 2.75. The molecule has 0 aliphatic carbocycles. The molecule has 0 saturated carbocycles. The molecule has 2 rings (SSSR count). The summed E-state index contributed by atoms with van der Waals surface area (Å²) in [5.74, 6) is -1.06. The normalized spacial score (nSPS) is 30.1. The topological polar surface area (TPSA) is 81.2 Å². The van der Waals surface area contributed by atoms with Crippen LogP contribution in [-0.2, 0) is 9.59 Å². The van der Waals surface area contributed by atoms with E-state index in [1.807, 2.05) is 6.92 Å². The van der Waals surface area contributed by atoms with Crippen molar-refractivity contribution in [3.05, 3.63) is 12.7 Å². The molecule has 0 aromatic rings. The van der Waals surface area contributed by atoms with Gasteiger partial charge in [-0.15, -0.1) is 0 Å². The molecule has 2 aliphatic heterocycles. The van der Waals surface area contributed by atoms with E-state index in [1.54, 1.807) is 13.8 Å². The zero-order valence-electron chi connectivity index (χ0n) is 14.1. The Morgan fingerprint density at radius 2 is 1.52 bits per heavy atom. The van der Waals surface area contributed by atoms with Crippen molar-refractivity contribution >= 4 is 23.9 Å². The molecule has 0 radical (unpaired) electrons. The number of rotatable bonds is 3. The van der Waals surface area contributed by atoms with Crippen LogP contribution in [-0.4, -0.2) is 68.9 Å². The van der Waals surface area contributed by atoms with E-state index in [-0.39, 0.29) is 6.42 Å². The Morgan fingerprint density at radius 1 is 1.04 bits per heavy atom. The Morgan fingerprint density at radius 3 is 1.96 bits per heavy atom. The largest absolute Gasteiger partial charge is 0.330 e. The van der Waals surface area contributed by atoms with Crippen molar-refractivity contribution in [1.29, 1.82) is 0 Å². The van der Waals surface area contributed by atoms with Gasteiger partial charge in [0, 0.05) is 20.5 Å². The van der Waals surface area contributed by atoms with Crippen molar-refractivity contribution < 1.29 is 19.2 Å². The van der Waals surface area contributed by atoms with Gasteiger partial charge in [-0.25, -0.2) is 19.4 Å². The van der Waals surface area contributed by atoms with E-state index >= 15 is 0 Å². The van der Waals surface area contributed by atoms with Gasteiger partial charge in [-0.1, -0.05) is 13.5 Å². The van der Waals surface area contributed by atoms with Crippen molar-refractivity contribution in [2.75, 3.05) is 14.1 Å². The number of likely N-dealkylation sites (N-methyl/N-ethyl adjacent to an activating group) is 2. The Labute approximate surface area is 135 Å². The van der Waals surface area contributed by atoms with Crippen LogP contribution in [0.1, 0.15) is 33.6 Å². The summed E-state index contributed by atoms with van der Waals surface area (Å²) < 4.78 is 0. The minimum absolute atomic E-state index is 0.152. The van der Waals surface area contributed by atoms with Gasteiger partial charge in [0.2, 0.25) is 5.91 Å². The van der Waals surface area contributed by atoms with Crippen LogP contribution in [0.15, 0.2) is 12.7 Å². The van der Waals surface area contributed by atoms with Gasteiger partial charge < -0.3 is 9.80 Å². The lowest BCUT2D eigenvalue weighted by Gasteiger charge is -2.42. The van der Waals surface area contributed by atoms with Crippen molar-refractivity contribution in [2.24, 2.45) is 0 Å². The maximum atomic E-state index is 12.7. The van der Waals surface area contributed by atoms with Gasteiger partial charge in [0.1, 0.15) is 0 Å². The highest BCUT2D eigenvalue weighted by Crippen LogP contribution is 2.50. The summed E-state index contributed by atoms with van der Waals surface area (Å²) in [6, 6.07) is -1.11. The van der Waals surface area contributed by atoms with Gasteiger partial charge in [0.25, 0.3) is 5.91 Å². The highest BCUT2D eigenvalue weighted by atomic mass is 16.2. The monoisotopic (exact) mass is 322 g/mol. The summed E-state index contributed by atoms with van der Waals surface area (Å²) >= 11 is 0. The maximum Gasteiger partial charge on any atom is 0.330 e. The maximum absolute atomic E-state index is 12.7. The first kappa shape index (κ1) is 17.0. The third-order valence-electron chi connectivity index (χ3n) is 5.14. The number of urea groups is 2. The van der Waals surface area contributed by atoms with E-state index in [0.717, 1.165) is 15.9 Å². The average Bonchev–Trinajstić information content (AvgIpc) is 2.75. The molecule has 8 nitrogen and oxygen atoms in total. The molecule has 126 valence electrons. The standard InChI is InChI=1S/C15H22N4O4/c1-7-9-11(21)19-13(23)17(6)14(3)15(19,4)18(10(20)8-2)12(22)16(14)5/h8H,2,7,9H2,1,3-6H3/t14-,15+/m0/s1. The number of carbonyl (C=O) groups is 4. The lowest BCUT2D eigenvalue weighted by molar-refractivity contribution is -0.144. The fraction of sp³-hybridized carbons (Fsp3) is 0.600. The number of amides is 6. The molecular weight excluding hydrogens is 300 g/mol. The number of hydrogen-bond acceptors (Lipinski definition) is 4. The first-order chi connectivity index (χ1) is 10.6. The molecule has 0 aromatic heterocycles. The van der Waals surface area contributed by atoms with Gasteiger partial charge >= 0.3 is 12.1 Å². The van der Waals surface area contributed by atoms with Crippen LogP contribution in [0.2, 0.25) is 0 Å². The zero-order valence-corrected chi connectivity index (χ0v) is 14.1. The number of nitrogens with zero attached hydrogens (tertiary/aromatic N) is 4. The second kappa shape index (κ2) is 5.07. The van der Waals surface area contributed by atoms with Crippen molar-refractivity contribution in [3.8, 4) is 0 Å². The second-order valence-corrected chi connectivity index (χ2v) is 6.08.